The van der Waals surface area contributed by atoms with Crippen molar-refractivity contribution in [2.24, 2.45) is 0 Å². The summed E-state index contributed by atoms with van der Waals surface area (Å²) in [6.45, 7) is -0.163. The Hall–Kier alpha value is -1.79. The van der Waals surface area contributed by atoms with Crippen molar-refractivity contribution in [2.75, 3.05) is 7.05 Å². The van der Waals surface area contributed by atoms with E-state index in [0.29, 0.717) is 0 Å². The minimum absolute atomic E-state index is 0.119. The topological polar surface area (TPSA) is 37.4 Å². The van der Waals surface area contributed by atoms with E-state index in [0.717, 1.165) is 16.4 Å². The average Bonchev–Trinajstić information content (AvgIpc) is 2.42. The van der Waals surface area contributed by atoms with Gasteiger partial charge in [-0.25, -0.2) is 17.2 Å². The number of nitrogens with zero attached hydrogens (tertiary/aromatic N) is 1. The van der Waals surface area contributed by atoms with Gasteiger partial charge in [-0.2, -0.15) is 4.31 Å². The van der Waals surface area contributed by atoms with Gasteiger partial charge in [0.1, 0.15) is 11.6 Å². The van der Waals surface area contributed by atoms with Crippen LogP contribution in [0.25, 0.3) is 0 Å². The summed E-state index contributed by atoms with van der Waals surface area (Å²) in [5, 5.41) is 0. The molecule has 6 heteroatoms. The van der Waals surface area contributed by atoms with E-state index in [1.807, 2.05) is 0 Å². The van der Waals surface area contributed by atoms with Crippen LogP contribution >= 0.6 is 0 Å². The molecule has 0 unspecified atom stereocenters. The quantitative estimate of drug-likeness (QED) is 0.870. The molecule has 0 saturated carbocycles. The largest absolute Gasteiger partial charge is 0.243 e. The van der Waals surface area contributed by atoms with Crippen molar-refractivity contribution in [2.45, 2.75) is 11.4 Å². The van der Waals surface area contributed by atoms with Crippen molar-refractivity contribution >= 4 is 10.0 Å². The molecule has 0 atom stereocenters. The van der Waals surface area contributed by atoms with Gasteiger partial charge in [0.25, 0.3) is 0 Å². The van der Waals surface area contributed by atoms with Crippen LogP contribution in [-0.4, -0.2) is 19.8 Å². The van der Waals surface area contributed by atoms with Crippen molar-refractivity contribution in [1.29, 1.82) is 0 Å². The van der Waals surface area contributed by atoms with Gasteiger partial charge in [-0.15, -0.1) is 0 Å². The zero-order chi connectivity index (χ0) is 14.8. The molecule has 0 saturated heterocycles. The van der Waals surface area contributed by atoms with Gasteiger partial charge in [-0.05, 0) is 18.2 Å². The number of hydrogen-bond donors (Lipinski definition) is 0. The first-order chi connectivity index (χ1) is 9.41. The monoisotopic (exact) mass is 297 g/mol. The van der Waals surface area contributed by atoms with Crippen LogP contribution in [0, 0.1) is 11.6 Å². The second-order valence-electron chi connectivity index (χ2n) is 4.31. The predicted molar refractivity (Wildman–Crippen MR) is 71.5 cm³/mol. The third-order valence-corrected chi connectivity index (χ3v) is 4.68. The zero-order valence-electron chi connectivity index (χ0n) is 10.8. The first-order valence-electron chi connectivity index (χ1n) is 5.86. The summed E-state index contributed by atoms with van der Waals surface area (Å²) in [5.74, 6) is -1.46. The molecule has 3 nitrogen and oxygen atoms in total. The molecule has 2 aromatic rings. The van der Waals surface area contributed by atoms with Crippen LogP contribution in [0.15, 0.2) is 53.4 Å². The van der Waals surface area contributed by atoms with Crippen LogP contribution in [0.1, 0.15) is 5.56 Å². The Bertz CT molecular complexity index is 702. The van der Waals surface area contributed by atoms with Crippen molar-refractivity contribution in [3.8, 4) is 0 Å². The molecule has 0 spiro atoms. The molecule has 0 amide bonds. The summed E-state index contributed by atoms with van der Waals surface area (Å²) in [6, 6.07) is 10.9. The summed E-state index contributed by atoms with van der Waals surface area (Å²) < 4.78 is 51.9. The maximum atomic E-state index is 13.5. The summed E-state index contributed by atoms with van der Waals surface area (Å²) in [6.07, 6.45) is 0. The number of halogens is 2. The number of sulfonamides is 1. The number of rotatable bonds is 4. The minimum atomic E-state index is -3.69. The molecule has 0 N–H and O–H groups in total. The minimum Gasteiger partial charge on any atom is -0.207 e. The molecule has 2 rings (SSSR count). The molecule has 2 aromatic carbocycles. The van der Waals surface area contributed by atoms with E-state index >= 15 is 0 Å². The van der Waals surface area contributed by atoms with Crippen molar-refractivity contribution < 1.29 is 17.2 Å². The van der Waals surface area contributed by atoms with Crippen molar-refractivity contribution in [1.82, 2.24) is 4.31 Å². The van der Waals surface area contributed by atoms with E-state index in [9.17, 15) is 17.2 Å². The lowest BCUT2D eigenvalue weighted by Gasteiger charge is -2.17. The second-order valence-corrected chi connectivity index (χ2v) is 6.35. The van der Waals surface area contributed by atoms with Gasteiger partial charge >= 0.3 is 0 Å². The first kappa shape index (κ1) is 14.6. The Balaban J connectivity index is 2.26. The van der Waals surface area contributed by atoms with Gasteiger partial charge in [0.2, 0.25) is 10.0 Å². The molecule has 0 aliphatic carbocycles. The summed E-state index contributed by atoms with van der Waals surface area (Å²) in [7, 11) is -2.34. The molecule has 0 aliphatic heterocycles. The number of hydrogen-bond acceptors (Lipinski definition) is 2. The van der Waals surface area contributed by atoms with E-state index in [4.69, 9.17) is 0 Å². The highest BCUT2D eigenvalue weighted by Gasteiger charge is 2.21. The molecule has 0 aliphatic rings. The maximum Gasteiger partial charge on any atom is 0.243 e. The van der Waals surface area contributed by atoms with Crippen LogP contribution in [0.3, 0.4) is 0 Å². The molecule has 0 aromatic heterocycles. The highest BCUT2D eigenvalue weighted by atomic mass is 32.2. The Morgan fingerprint density at radius 2 is 1.70 bits per heavy atom. The van der Waals surface area contributed by atoms with Crippen LogP contribution < -0.4 is 0 Å². The summed E-state index contributed by atoms with van der Waals surface area (Å²) in [4.78, 5) is 0.130. The SMILES string of the molecule is CN(Cc1ccc(F)cc1F)S(=O)(=O)c1ccccc1. The fourth-order valence-electron chi connectivity index (χ4n) is 1.75. The zero-order valence-corrected chi connectivity index (χ0v) is 11.6. The normalized spacial score (nSPS) is 11.8. The van der Waals surface area contributed by atoms with Gasteiger partial charge in [0.15, 0.2) is 0 Å². The van der Waals surface area contributed by atoms with Crippen LogP contribution in [-0.2, 0) is 16.6 Å². The van der Waals surface area contributed by atoms with E-state index < -0.39 is 21.7 Å². The summed E-state index contributed by atoms with van der Waals surface area (Å²) >= 11 is 0. The molecule has 0 fully saturated rings. The average molecular weight is 297 g/mol. The lowest BCUT2D eigenvalue weighted by molar-refractivity contribution is 0.454. The van der Waals surface area contributed by atoms with Crippen molar-refractivity contribution in [3.63, 3.8) is 0 Å². The van der Waals surface area contributed by atoms with Gasteiger partial charge in [0, 0.05) is 25.2 Å². The Labute approximate surface area is 116 Å². The predicted octanol–water partition coefficient (Wildman–Crippen LogP) is 2.79. The molecule has 0 heterocycles. The van der Waals surface area contributed by atoms with Crippen LogP contribution in [0.5, 0.6) is 0 Å². The Morgan fingerprint density at radius 1 is 1.05 bits per heavy atom. The molecule has 20 heavy (non-hydrogen) atoms. The van der Waals surface area contributed by atoms with E-state index in [-0.39, 0.29) is 17.0 Å². The van der Waals surface area contributed by atoms with E-state index in [2.05, 4.69) is 0 Å². The standard InChI is InChI=1S/C14H13F2NO2S/c1-17(10-11-7-8-12(15)9-14(11)16)20(18,19)13-5-3-2-4-6-13/h2-9H,10H2,1H3. The Kier molecular flexibility index (Phi) is 4.15. The fourth-order valence-corrected chi connectivity index (χ4v) is 2.92. The molecule has 0 radical (unpaired) electrons. The third-order valence-electron chi connectivity index (χ3n) is 2.86. The fraction of sp³-hybridized carbons (Fsp3) is 0.143. The molecule has 106 valence electrons. The lowest BCUT2D eigenvalue weighted by atomic mass is 10.2. The van der Waals surface area contributed by atoms with Gasteiger partial charge in [0.05, 0.1) is 4.90 Å². The van der Waals surface area contributed by atoms with Crippen LogP contribution in [0.2, 0.25) is 0 Å². The van der Waals surface area contributed by atoms with Gasteiger partial charge in [-0.1, -0.05) is 24.3 Å². The lowest BCUT2D eigenvalue weighted by Crippen LogP contribution is -2.26. The number of benzene rings is 2. The second kappa shape index (κ2) is 5.68. The Morgan fingerprint density at radius 3 is 2.30 bits per heavy atom. The van der Waals surface area contributed by atoms with E-state index in [1.54, 1.807) is 18.2 Å². The van der Waals surface area contributed by atoms with Crippen molar-refractivity contribution in [3.05, 3.63) is 65.7 Å². The molecule has 0 bridgehead atoms. The summed E-state index contributed by atoms with van der Waals surface area (Å²) in [5.41, 5.74) is 0.119. The molecular formula is C14H13F2NO2S. The maximum absolute atomic E-state index is 13.5. The van der Waals surface area contributed by atoms with E-state index in [1.165, 1.54) is 25.2 Å². The highest BCUT2D eigenvalue weighted by molar-refractivity contribution is 7.89. The third kappa shape index (κ3) is 3.02. The highest BCUT2D eigenvalue weighted by Crippen LogP contribution is 2.18. The van der Waals surface area contributed by atoms with Gasteiger partial charge in [-0.3, -0.25) is 0 Å². The smallest absolute Gasteiger partial charge is 0.207 e. The first-order valence-corrected chi connectivity index (χ1v) is 7.30. The molecular weight excluding hydrogens is 284 g/mol. The van der Waals surface area contributed by atoms with Crippen LogP contribution in [0.4, 0.5) is 8.78 Å². The van der Waals surface area contributed by atoms with Gasteiger partial charge < -0.3 is 0 Å².